The lowest BCUT2D eigenvalue weighted by molar-refractivity contribution is 0.0596. The van der Waals surface area contributed by atoms with E-state index in [0.29, 0.717) is 24.5 Å². The van der Waals surface area contributed by atoms with Gasteiger partial charge in [0.15, 0.2) is 8.32 Å². The Kier molecular flexibility index (Phi) is 6.62. The molecule has 0 aliphatic heterocycles. The second-order valence-electron chi connectivity index (χ2n) is 6.80. The zero-order chi connectivity index (χ0) is 16.8. The molecule has 0 fully saturated rings. The van der Waals surface area contributed by atoms with Gasteiger partial charge in [-0.05, 0) is 30.3 Å². The molecule has 0 amide bonds. The van der Waals surface area contributed by atoms with Crippen LogP contribution in [-0.2, 0) is 9.16 Å². The summed E-state index contributed by atoms with van der Waals surface area (Å²) >= 11 is 0. The Balaban J connectivity index is 2.45. The summed E-state index contributed by atoms with van der Waals surface area (Å²) in [5, 5.41) is 0.214. The predicted octanol–water partition coefficient (Wildman–Crippen LogP) is 4.26. The van der Waals surface area contributed by atoms with Gasteiger partial charge >= 0.3 is 5.97 Å². The number of esters is 1. The minimum Gasteiger partial charge on any atom is -0.493 e. The van der Waals surface area contributed by atoms with Gasteiger partial charge in [-0.2, -0.15) is 0 Å². The van der Waals surface area contributed by atoms with E-state index in [-0.39, 0.29) is 11.0 Å². The Morgan fingerprint density at radius 3 is 2.36 bits per heavy atom. The molecule has 0 radical (unpaired) electrons. The van der Waals surface area contributed by atoms with Crippen molar-refractivity contribution in [3.05, 3.63) is 29.8 Å². The fourth-order valence-corrected chi connectivity index (χ4v) is 2.74. The van der Waals surface area contributed by atoms with Crippen LogP contribution in [0.3, 0.4) is 0 Å². The third kappa shape index (κ3) is 5.14. The first kappa shape index (κ1) is 18.7. The highest BCUT2D eigenvalue weighted by Gasteiger charge is 2.36. The number of rotatable bonds is 7. The monoisotopic (exact) mass is 324 g/mol. The van der Waals surface area contributed by atoms with E-state index in [9.17, 15) is 4.79 Å². The molecule has 0 heterocycles. The van der Waals surface area contributed by atoms with Crippen molar-refractivity contribution in [3.63, 3.8) is 0 Å². The zero-order valence-electron chi connectivity index (χ0n) is 14.6. The van der Waals surface area contributed by atoms with Gasteiger partial charge in [0.25, 0.3) is 0 Å². The average Bonchev–Trinajstić information content (AvgIpc) is 2.45. The molecule has 0 atom stereocenters. The molecule has 4 nitrogen and oxygen atoms in total. The van der Waals surface area contributed by atoms with Gasteiger partial charge in [0.2, 0.25) is 0 Å². The largest absolute Gasteiger partial charge is 0.493 e. The van der Waals surface area contributed by atoms with Crippen molar-refractivity contribution in [1.29, 1.82) is 0 Å². The lowest BCUT2D eigenvalue weighted by Crippen LogP contribution is -2.41. The smallest absolute Gasteiger partial charge is 0.341 e. The van der Waals surface area contributed by atoms with E-state index in [1.807, 2.05) is 6.07 Å². The molecular weight excluding hydrogens is 296 g/mol. The molecule has 1 aromatic carbocycles. The van der Waals surface area contributed by atoms with E-state index in [2.05, 4.69) is 33.9 Å². The summed E-state index contributed by atoms with van der Waals surface area (Å²) in [5.74, 6) is 0.176. The standard InChI is InChI=1S/C17H28O4Si/c1-17(2,3)22(5,6)21-13-9-12-20-15-11-8-7-10-14(15)16(18)19-4/h7-8,10-11H,9,12-13H2,1-6H3. The lowest BCUT2D eigenvalue weighted by atomic mass is 10.2. The van der Waals surface area contributed by atoms with Gasteiger partial charge in [0, 0.05) is 13.0 Å². The number of carbonyl (C=O) groups excluding carboxylic acids is 1. The van der Waals surface area contributed by atoms with Crippen molar-refractivity contribution in [2.75, 3.05) is 20.3 Å². The first-order valence-corrected chi connectivity index (χ1v) is 10.5. The van der Waals surface area contributed by atoms with Crippen molar-refractivity contribution in [1.82, 2.24) is 0 Å². The van der Waals surface area contributed by atoms with E-state index >= 15 is 0 Å². The van der Waals surface area contributed by atoms with E-state index in [1.165, 1.54) is 7.11 Å². The molecule has 0 N–H and O–H groups in total. The van der Waals surface area contributed by atoms with Crippen LogP contribution < -0.4 is 4.74 Å². The Morgan fingerprint density at radius 1 is 1.14 bits per heavy atom. The van der Waals surface area contributed by atoms with E-state index in [1.54, 1.807) is 18.2 Å². The first-order chi connectivity index (χ1) is 10.2. The van der Waals surface area contributed by atoms with Crippen LogP contribution in [0.4, 0.5) is 0 Å². The SMILES string of the molecule is COC(=O)c1ccccc1OCCCO[Si](C)(C)C(C)(C)C. The maximum atomic E-state index is 11.6. The van der Waals surface area contributed by atoms with Crippen molar-refractivity contribution in [2.45, 2.75) is 45.3 Å². The molecule has 0 saturated heterocycles. The van der Waals surface area contributed by atoms with Gasteiger partial charge in [-0.15, -0.1) is 0 Å². The second-order valence-corrected chi connectivity index (χ2v) is 11.6. The summed E-state index contributed by atoms with van der Waals surface area (Å²) in [6.07, 6.45) is 0.794. The normalized spacial score (nSPS) is 12.1. The summed E-state index contributed by atoms with van der Waals surface area (Å²) in [6.45, 7) is 12.3. The van der Waals surface area contributed by atoms with Gasteiger partial charge in [0.1, 0.15) is 11.3 Å². The lowest BCUT2D eigenvalue weighted by Gasteiger charge is -2.36. The summed E-state index contributed by atoms with van der Waals surface area (Å²) in [5.41, 5.74) is 0.454. The molecule has 1 rings (SSSR count). The van der Waals surface area contributed by atoms with Gasteiger partial charge in [-0.25, -0.2) is 4.79 Å². The molecule has 1 aromatic rings. The fraction of sp³-hybridized carbons (Fsp3) is 0.588. The molecule has 0 aliphatic rings. The van der Waals surface area contributed by atoms with Crippen LogP contribution >= 0.6 is 0 Å². The Bertz CT molecular complexity index is 492. The highest BCUT2D eigenvalue weighted by Crippen LogP contribution is 2.36. The third-order valence-electron chi connectivity index (χ3n) is 4.11. The number of methoxy groups -OCH3 is 1. The molecule has 0 aliphatic carbocycles. The number of hydrogen-bond acceptors (Lipinski definition) is 4. The molecule has 5 heteroatoms. The van der Waals surface area contributed by atoms with E-state index in [4.69, 9.17) is 13.9 Å². The van der Waals surface area contributed by atoms with Gasteiger partial charge in [-0.3, -0.25) is 0 Å². The van der Waals surface area contributed by atoms with Crippen LogP contribution in [0.1, 0.15) is 37.6 Å². The van der Waals surface area contributed by atoms with Crippen molar-refractivity contribution < 1.29 is 18.7 Å². The van der Waals surface area contributed by atoms with Crippen LogP contribution in [-0.4, -0.2) is 34.6 Å². The molecule has 0 aromatic heterocycles. The highest BCUT2D eigenvalue weighted by atomic mass is 28.4. The fourth-order valence-electron chi connectivity index (χ4n) is 1.66. The molecule has 0 saturated carbocycles. The van der Waals surface area contributed by atoms with Crippen LogP contribution in [0.15, 0.2) is 24.3 Å². The summed E-state index contributed by atoms with van der Waals surface area (Å²) in [4.78, 5) is 11.6. The number of para-hydroxylation sites is 1. The summed E-state index contributed by atoms with van der Waals surface area (Å²) in [6, 6.07) is 7.11. The second kappa shape index (κ2) is 7.79. The maximum absolute atomic E-state index is 11.6. The number of hydrogen-bond donors (Lipinski definition) is 0. The number of ether oxygens (including phenoxy) is 2. The quantitative estimate of drug-likeness (QED) is 0.427. The van der Waals surface area contributed by atoms with Crippen molar-refractivity contribution >= 4 is 14.3 Å². The van der Waals surface area contributed by atoms with Crippen molar-refractivity contribution in [3.8, 4) is 5.75 Å². The average molecular weight is 324 g/mol. The van der Waals surface area contributed by atoms with Gasteiger partial charge in [-0.1, -0.05) is 32.9 Å². The molecule has 0 bridgehead atoms. The Labute approximate surface area is 134 Å². The van der Waals surface area contributed by atoms with Crippen LogP contribution in [0.2, 0.25) is 18.1 Å². The Hall–Kier alpha value is -1.33. The van der Waals surface area contributed by atoms with E-state index in [0.717, 1.165) is 6.42 Å². The van der Waals surface area contributed by atoms with Gasteiger partial charge < -0.3 is 13.9 Å². The predicted molar refractivity (Wildman–Crippen MR) is 91.0 cm³/mol. The first-order valence-electron chi connectivity index (χ1n) is 7.63. The van der Waals surface area contributed by atoms with E-state index < -0.39 is 8.32 Å². The minimum atomic E-state index is -1.70. The van der Waals surface area contributed by atoms with Crippen LogP contribution in [0.25, 0.3) is 0 Å². The molecule has 0 unspecified atom stereocenters. The molecule has 124 valence electrons. The minimum absolute atomic E-state index is 0.214. The Morgan fingerprint density at radius 2 is 1.77 bits per heavy atom. The maximum Gasteiger partial charge on any atom is 0.341 e. The number of carbonyl (C=O) groups is 1. The van der Waals surface area contributed by atoms with Gasteiger partial charge in [0.05, 0.1) is 13.7 Å². The third-order valence-corrected chi connectivity index (χ3v) is 8.65. The molecule has 22 heavy (non-hydrogen) atoms. The highest BCUT2D eigenvalue weighted by molar-refractivity contribution is 6.74. The zero-order valence-corrected chi connectivity index (χ0v) is 15.6. The molecule has 0 spiro atoms. The molecular formula is C17H28O4Si. The van der Waals surface area contributed by atoms with Crippen LogP contribution in [0.5, 0.6) is 5.75 Å². The summed E-state index contributed by atoms with van der Waals surface area (Å²) in [7, 11) is -0.331. The number of benzene rings is 1. The summed E-state index contributed by atoms with van der Waals surface area (Å²) < 4.78 is 16.5. The van der Waals surface area contributed by atoms with Crippen LogP contribution in [0, 0.1) is 0 Å². The van der Waals surface area contributed by atoms with Crippen molar-refractivity contribution in [2.24, 2.45) is 0 Å². The topological polar surface area (TPSA) is 44.8 Å².